The first-order valence-corrected chi connectivity index (χ1v) is 4.93. The van der Waals surface area contributed by atoms with Gasteiger partial charge in [-0.3, -0.25) is 4.79 Å². The third kappa shape index (κ3) is 2.41. The average Bonchev–Trinajstić information content (AvgIpc) is 2.47. The third-order valence-corrected chi connectivity index (χ3v) is 2.54. The summed E-state index contributed by atoms with van der Waals surface area (Å²) in [4.78, 5) is 14.0. The van der Waals surface area contributed by atoms with Crippen LogP contribution < -0.4 is 0 Å². The van der Waals surface area contributed by atoms with Crippen molar-refractivity contribution in [1.82, 2.24) is 4.90 Å². The molecule has 0 spiro atoms. The minimum absolute atomic E-state index is 0.133. The molecular weight excluding hydrogens is 170 g/mol. The lowest BCUT2D eigenvalue weighted by Crippen LogP contribution is -2.15. The number of nitrogens with zero attached hydrogens (tertiary/aromatic N) is 1. The molecule has 0 aliphatic carbocycles. The second-order valence-corrected chi connectivity index (χ2v) is 3.59. The monoisotopic (exact) mass is 183 g/mol. The maximum Gasteiger partial charge on any atom is 0.216 e. The van der Waals surface area contributed by atoms with Crippen molar-refractivity contribution < 1.29 is 4.79 Å². The van der Waals surface area contributed by atoms with Crippen molar-refractivity contribution >= 4 is 16.9 Å². The zero-order valence-corrected chi connectivity index (χ0v) is 8.23. The van der Waals surface area contributed by atoms with E-state index in [-0.39, 0.29) is 5.12 Å². The molecule has 0 amide bonds. The molecule has 0 aromatic carbocycles. The highest BCUT2D eigenvalue weighted by atomic mass is 32.2. The predicted molar refractivity (Wildman–Crippen MR) is 52.7 cm³/mol. The molecule has 1 heterocycles. The molecule has 2 nitrogen and oxygen atoms in total. The molecule has 0 fully saturated rings. The summed E-state index contributed by atoms with van der Waals surface area (Å²) in [5.74, 6) is 0. The lowest BCUT2D eigenvalue weighted by molar-refractivity contribution is -0.106. The molecule has 0 N–H and O–H groups in total. The van der Waals surface area contributed by atoms with Gasteiger partial charge in [-0.15, -0.1) is 0 Å². The van der Waals surface area contributed by atoms with E-state index in [0.29, 0.717) is 0 Å². The molecular formula is C9H13NOS. The molecule has 12 heavy (non-hydrogen) atoms. The van der Waals surface area contributed by atoms with Crippen LogP contribution >= 0.6 is 11.8 Å². The van der Waals surface area contributed by atoms with Gasteiger partial charge in [0.05, 0.1) is 0 Å². The lowest BCUT2D eigenvalue weighted by atomic mass is 10.4. The summed E-state index contributed by atoms with van der Waals surface area (Å²) in [6, 6.07) is 0. The van der Waals surface area contributed by atoms with E-state index in [4.69, 9.17) is 0 Å². The van der Waals surface area contributed by atoms with E-state index in [0.717, 1.165) is 18.0 Å². The van der Waals surface area contributed by atoms with Crippen molar-refractivity contribution in [1.29, 1.82) is 0 Å². The fraction of sp³-hybridized carbons (Fsp3) is 0.444. The van der Waals surface area contributed by atoms with Crippen molar-refractivity contribution in [3.63, 3.8) is 0 Å². The number of thioether (sulfide) groups is 1. The molecule has 1 rings (SSSR count). The fourth-order valence-electron chi connectivity index (χ4n) is 0.990. The summed E-state index contributed by atoms with van der Waals surface area (Å²) in [6.45, 7) is 6.18. The Morgan fingerprint density at radius 3 is 2.50 bits per heavy atom. The van der Waals surface area contributed by atoms with E-state index in [1.54, 1.807) is 6.08 Å². The van der Waals surface area contributed by atoms with Crippen LogP contribution in [0.4, 0.5) is 0 Å². The Morgan fingerprint density at radius 1 is 1.42 bits per heavy atom. The molecule has 1 aliphatic heterocycles. The molecule has 0 saturated heterocycles. The van der Waals surface area contributed by atoms with Gasteiger partial charge >= 0.3 is 0 Å². The number of carbonyl (C=O) groups is 1. The summed E-state index contributed by atoms with van der Waals surface area (Å²) in [7, 11) is 0. The van der Waals surface area contributed by atoms with Gasteiger partial charge in [-0.1, -0.05) is 0 Å². The Hall–Kier alpha value is -0.700. The molecule has 0 aromatic rings. The second-order valence-electron chi connectivity index (χ2n) is 2.51. The number of hydrogen-bond acceptors (Lipinski definition) is 3. The second kappa shape index (κ2) is 4.36. The fourth-order valence-corrected chi connectivity index (χ4v) is 1.70. The van der Waals surface area contributed by atoms with Crippen LogP contribution in [0.5, 0.6) is 0 Å². The Bertz CT molecular complexity index is 229. The zero-order valence-electron chi connectivity index (χ0n) is 7.41. The van der Waals surface area contributed by atoms with Gasteiger partial charge in [-0.25, -0.2) is 0 Å². The number of hydrogen-bond donors (Lipinski definition) is 0. The first kappa shape index (κ1) is 9.39. The minimum Gasteiger partial charge on any atom is -0.377 e. The van der Waals surface area contributed by atoms with E-state index in [1.807, 2.05) is 12.3 Å². The van der Waals surface area contributed by atoms with Crippen LogP contribution in [0.15, 0.2) is 23.3 Å². The maximum absolute atomic E-state index is 10.8. The van der Waals surface area contributed by atoms with Crippen LogP contribution in [0.2, 0.25) is 0 Å². The maximum atomic E-state index is 10.8. The number of rotatable bonds is 3. The van der Waals surface area contributed by atoms with E-state index in [2.05, 4.69) is 18.7 Å². The van der Waals surface area contributed by atoms with E-state index in [1.165, 1.54) is 11.8 Å². The van der Waals surface area contributed by atoms with E-state index >= 15 is 0 Å². The van der Waals surface area contributed by atoms with Gasteiger partial charge in [0.1, 0.15) is 0 Å². The standard InChI is InChI=1S/C9H13NOS/c1-3-10(4-2)7-8-5-6-9(11)12-8/h5-7H,3-4H2,1-2H3. The van der Waals surface area contributed by atoms with Crippen molar-refractivity contribution in [3.8, 4) is 0 Å². The first-order chi connectivity index (χ1) is 5.76. The van der Waals surface area contributed by atoms with Crippen molar-refractivity contribution in [2.24, 2.45) is 0 Å². The van der Waals surface area contributed by atoms with Crippen molar-refractivity contribution in [2.45, 2.75) is 13.8 Å². The van der Waals surface area contributed by atoms with Gasteiger partial charge < -0.3 is 4.90 Å². The highest BCUT2D eigenvalue weighted by Crippen LogP contribution is 2.25. The van der Waals surface area contributed by atoms with E-state index in [9.17, 15) is 4.79 Å². The highest BCUT2D eigenvalue weighted by Gasteiger charge is 2.09. The van der Waals surface area contributed by atoms with Gasteiger partial charge in [0.25, 0.3) is 0 Å². The number of allylic oxidation sites excluding steroid dienone is 1. The Morgan fingerprint density at radius 2 is 2.08 bits per heavy atom. The molecule has 0 saturated carbocycles. The SMILES string of the molecule is CCN(C=C1C=CC(=O)S1)CC. The summed E-state index contributed by atoms with van der Waals surface area (Å²) >= 11 is 1.29. The van der Waals surface area contributed by atoms with Crippen LogP contribution in [0.1, 0.15) is 13.8 Å². The smallest absolute Gasteiger partial charge is 0.216 e. The Kier molecular flexibility index (Phi) is 3.41. The summed E-state index contributed by atoms with van der Waals surface area (Å²) < 4.78 is 0. The van der Waals surface area contributed by atoms with Crippen LogP contribution in [0.3, 0.4) is 0 Å². The summed E-state index contributed by atoms with van der Waals surface area (Å²) in [5, 5.41) is 0.133. The average molecular weight is 183 g/mol. The van der Waals surface area contributed by atoms with Crippen molar-refractivity contribution in [3.05, 3.63) is 23.3 Å². The quantitative estimate of drug-likeness (QED) is 0.667. The molecule has 1 aliphatic rings. The van der Waals surface area contributed by atoms with Crippen molar-refractivity contribution in [2.75, 3.05) is 13.1 Å². The Balaban J connectivity index is 2.57. The normalized spacial score (nSPS) is 19.2. The van der Waals surface area contributed by atoms with Crippen LogP contribution in [0, 0.1) is 0 Å². The van der Waals surface area contributed by atoms with Crippen LogP contribution in [-0.4, -0.2) is 23.1 Å². The van der Waals surface area contributed by atoms with Gasteiger partial charge in [-0.2, -0.15) is 0 Å². The van der Waals surface area contributed by atoms with Crippen LogP contribution in [0.25, 0.3) is 0 Å². The zero-order chi connectivity index (χ0) is 8.97. The van der Waals surface area contributed by atoms with Gasteiger partial charge in [0.15, 0.2) is 0 Å². The third-order valence-electron chi connectivity index (χ3n) is 1.72. The predicted octanol–water partition coefficient (Wildman–Crippen LogP) is 2.00. The molecule has 3 heteroatoms. The molecule has 66 valence electrons. The molecule has 0 unspecified atom stereocenters. The molecule has 0 radical (unpaired) electrons. The Labute approximate surface area is 77.3 Å². The summed E-state index contributed by atoms with van der Waals surface area (Å²) in [5.41, 5.74) is 0. The van der Waals surface area contributed by atoms with Gasteiger partial charge in [0.2, 0.25) is 5.12 Å². The topological polar surface area (TPSA) is 20.3 Å². The molecule has 0 atom stereocenters. The summed E-state index contributed by atoms with van der Waals surface area (Å²) in [6.07, 6.45) is 5.51. The minimum atomic E-state index is 0.133. The lowest BCUT2D eigenvalue weighted by Gasteiger charge is -2.15. The van der Waals surface area contributed by atoms with E-state index < -0.39 is 0 Å². The van der Waals surface area contributed by atoms with Crippen LogP contribution in [-0.2, 0) is 4.79 Å². The highest BCUT2D eigenvalue weighted by molar-refractivity contribution is 8.17. The molecule has 0 aromatic heterocycles. The largest absolute Gasteiger partial charge is 0.377 e. The first-order valence-electron chi connectivity index (χ1n) is 4.12. The van der Waals surface area contributed by atoms with Gasteiger partial charge in [0, 0.05) is 24.2 Å². The number of carbonyl (C=O) groups excluding carboxylic acids is 1. The molecule has 0 bridgehead atoms. The van der Waals surface area contributed by atoms with Gasteiger partial charge in [-0.05, 0) is 37.8 Å².